The van der Waals surface area contributed by atoms with Gasteiger partial charge in [0.15, 0.2) is 0 Å². The van der Waals surface area contributed by atoms with Gasteiger partial charge < -0.3 is 14.8 Å². The lowest BCUT2D eigenvalue weighted by Gasteiger charge is -2.18. The molecule has 2 aromatic rings. The number of rotatable bonds is 4. The van der Waals surface area contributed by atoms with Crippen molar-refractivity contribution in [3.05, 3.63) is 42.1 Å². The number of fused-ring (bicyclic) bond motifs is 1. The predicted molar refractivity (Wildman–Crippen MR) is 79.2 cm³/mol. The second-order valence-corrected chi connectivity index (χ2v) is 5.03. The van der Waals surface area contributed by atoms with E-state index in [9.17, 15) is 4.79 Å². The molecule has 1 aliphatic rings. The number of hydrogen-bond acceptors (Lipinski definition) is 4. The molecule has 0 spiro atoms. The van der Waals surface area contributed by atoms with E-state index in [1.807, 2.05) is 37.3 Å². The zero-order chi connectivity index (χ0) is 14.7. The zero-order valence-electron chi connectivity index (χ0n) is 11.9. The molecule has 1 aromatic carbocycles. The molecule has 21 heavy (non-hydrogen) atoms. The van der Waals surface area contributed by atoms with Gasteiger partial charge in [0, 0.05) is 18.2 Å². The molecule has 0 saturated carbocycles. The summed E-state index contributed by atoms with van der Waals surface area (Å²) in [6, 6.07) is 9.47. The van der Waals surface area contributed by atoms with E-state index < -0.39 is 0 Å². The molecule has 110 valence electrons. The number of para-hydroxylation sites is 1. The summed E-state index contributed by atoms with van der Waals surface area (Å²) in [5, 5.41) is 3.92. The van der Waals surface area contributed by atoms with Crippen LogP contribution in [0.5, 0.6) is 0 Å². The van der Waals surface area contributed by atoms with Gasteiger partial charge in [-0.15, -0.1) is 0 Å². The van der Waals surface area contributed by atoms with Crippen LogP contribution >= 0.6 is 0 Å². The van der Waals surface area contributed by atoms with E-state index in [0.29, 0.717) is 25.4 Å². The van der Waals surface area contributed by atoms with Gasteiger partial charge in [-0.2, -0.15) is 0 Å². The van der Waals surface area contributed by atoms with Crippen LogP contribution in [0.4, 0.5) is 0 Å². The Kier molecular flexibility index (Phi) is 4.13. The molecule has 3 rings (SSSR count). The molecule has 0 aliphatic carbocycles. The molecule has 5 heteroatoms. The number of ether oxygens (including phenoxy) is 2. The van der Waals surface area contributed by atoms with Gasteiger partial charge in [-0.25, -0.2) is 0 Å². The fraction of sp³-hybridized carbons (Fsp3) is 0.375. The largest absolute Gasteiger partial charge is 0.376 e. The summed E-state index contributed by atoms with van der Waals surface area (Å²) in [6.45, 7) is 3.55. The molecule has 1 saturated heterocycles. The summed E-state index contributed by atoms with van der Waals surface area (Å²) >= 11 is 0. The second kappa shape index (κ2) is 6.20. The molecule has 1 N–H and O–H groups in total. The Bertz CT molecular complexity index is 644. The van der Waals surface area contributed by atoms with E-state index in [0.717, 1.165) is 10.9 Å². The van der Waals surface area contributed by atoms with Crippen LogP contribution in [0.15, 0.2) is 36.5 Å². The summed E-state index contributed by atoms with van der Waals surface area (Å²) < 4.78 is 10.9. The molecule has 2 heterocycles. The quantitative estimate of drug-likeness (QED) is 0.930. The fourth-order valence-electron chi connectivity index (χ4n) is 2.49. The van der Waals surface area contributed by atoms with Crippen molar-refractivity contribution < 1.29 is 14.3 Å². The summed E-state index contributed by atoms with van der Waals surface area (Å²) in [5.41, 5.74) is 1.43. The van der Waals surface area contributed by atoms with Crippen molar-refractivity contribution in [2.75, 3.05) is 19.8 Å². The molecule has 1 fully saturated rings. The van der Waals surface area contributed by atoms with Crippen molar-refractivity contribution in [1.82, 2.24) is 10.3 Å². The first-order chi connectivity index (χ1) is 10.3. The highest BCUT2D eigenvalue weighted by molar-refractivity contribution is 5.97. The van der Waals surface area contributed by atoms with Crippen molar-refractivity contribution >= 4 is 16.8 Å². The van der Waals surface area contributed by atoms with Gasteiger partial charge in [-0.1, -0.05) is 18.2 Å². The highest BCUT2D eigenvalue weighted by Crippen LogP contribution is 2.14. The van der Waals surface area contributed by atoms with Crippen molar-refractivity contribution in [3.63, 3.8) is 0 Å². The van der Waals surface area contributed by atoms with Gasteiger partial charge in [0.1, 0.15) is 6.10 Å². The first-order valence-corrected chi connectivity index (χ1v) is 7.13. The summed E-state index contributed by atoms with van der Waals surface area (Å²) in [6.07, 6.45) is 1.52. The predicted octanol–water partition coefficient (Wildman–Crippen LogP) is 1.77. The summed E-state index contributed by atoms with van der Waals surface area (Å²) in [7, 11) is 0. The average molecular weight is 286 g/mol. The molecule has 0 unspecified atom stereocenters. The Morgan fingerprint density at radius 3 is 3.14 bits per heavy atom. The Balaban J connectivity index is 1.74. The van der Waals surface area contributed by atoms with Gasteiger partial charge in [0.05, 0.1) is 30.3 Å². The van der Waals surface area contributed by atoms with Gasteiger partial charge in [-0.3, -0.25) is 9.78 Å². The number of amides is 1. The van der Waals surface area contributed by atoms with Crippen LogP contribution in [0.3, 0.4) is 0 Å². The molecular formula is C16H18N2O3. The van der Waals surface area contributed by atoms with Gasteiger partial charge in [-0.05, 0) is 19.1 Å². The maximum absolute atomic E-state index is 12.3. The molecule has 1 aliphatic heterocycles. The molecule has 0 bridgehead atoms. The van der Waals surface area contributed by atoms with Crippen molar-refractivity contribution in [2.24, 2.45) is 0 Å². The maximum atomic E-state index is 12.3. The highest BCUT2D eigenvalue weighted by Gasteiger charge is 2.30. The number of nitrogens with one attached hydrogen (secondary N) is 1. The van der Waals surface area contributed by atoms with Crippen molar-refractivity contribution in [1.29, 1.82) is 0 Å². The highest BCUT2D eigenvalue weighted by atomic mass is 16.5. The van der Waals surface area contributed by atoms with Gasteiger partial charge in [0.25, 0.3) is 5.91 Å². The average Bonchev–Trinajstić information content (AvgIpc) is 2.94. The molecule has 1 amide bonds. The fourth-order valence-corrected chi connectivity index (χ4v) is 2.49. The van der Waals surface area contributed by atoms with Crippen LogP contribution < -0.4 is 5.32 Å². The zero-order valence-corrected chi connectivity index (χ0v) is 11.9. The normalized spacial score (nSPS) is 21.6. The minimum absolute atomic E-state index is 0.0765. The number of pyridine rings is 1. The number of hydrogen-bond donors (Lipinski definition) is 1. The number of benzene rings is 1. The number of nitrogens with zero attached hydrogens (tertiary/aromatic N) is 1. The first-order valence-electron chi connectivity index (χ1n) is 7.13. The van der Waals surface area contributed by atoms with Crippen molar-refractivity contribution in [3.8, 4) is 0 Å². The van der Waals surface area contributed by atoms with E-state index in [1.54, 1.807) is 6.20 Å². The molecule has 2 atom stereocenters. The summed E-state index contributed by atoms with van der Waals surface area (Å²) in [4.78, 5) is 16.6. The summed E-state index contributed by atoms with van der Waals surface area (Å²) in [5.74, 6) is -0.145. The van der Waals surface area contributed by atoms with Crippen molar-refractivity contribution in [2.45, 2.75) is 19.1 Å². The third-order valence-corrected chi connectivity index (χ3v) is 3.58. The Labute approximate surface area is 123 Å². The Hall–Kier alpha value is -1.98. The minimum Gasteiger partial charge on any atom is -0.376 e. The van der Waals surface area contributed by atoms with Crippen LogP contribution in [0.25, 0.3) is 10.9 Å². The lowest BCUT2D eigenvalue weighted by Crippen LogP contribution is -2.43. The molecule has 5 nitrogen and oxygen atoms in total. The third-order valence-electron chi connectivity index (χ3n) is 3.58. The van der Waals surface area contributed by atoms with Crippen LogP contribution in [0, 0.1) is 0 Å². The standard InChI is InChI=1S/C16H18N2O3/c1-2-21-15-10-20-9-14(15)18-16(19)12-7-11-5-3-4-6-13(11)17-8-12/h3-8,14-15H,2,9-10H2,1H3,(H,18,19)/t14-,15-/m0/s1. The van der Waals surface area contributed by atoms with Crippen LogP contribution in [0.2, 0.25) is 0 Å². The first kappa shape index (κ1) is 14.0. The van der Waals surface area contributed by atoms with E-state index in [4.69, 9.17) is 9.47 Å². The smallest absolute Gasteiger partial charge is 0.253 e. The van der Waals surface area contributed by atoms with Crippen LogP contribution in [-0.4, -0.2) is 42.9 Å². The van der Waals surface area contributed by atoms with Gasteiger partial charge >= 0.3 is 0 Å². The molecular weight excluding hydrogens is 268 g/mol. The maximum Gasteiger partial charge on any atom is 0.253 e. The number of aromatic nitrogens is 1. The lowest BCUT2D eigenvalue weighted by molar-refractivity contribution is 0.0402. The second-order valence-electron chi connectivity index (χ2n) is 5.03. The number of carbonyl (C=O) groups is 1. The van der Waals surface area contributed by atoms with Crippen LogP contribution in [-0.2, 0) is 9.47 Å². The topological polar surface area (TPSA) is 60.5 Å². The van der Waals surface area contributed by atoms with E-state index in [2.05, 4.69) is 10.3 Å². The monoisotopic (exact) mass is 286 g/mol. The van der Waals surface area contributed by atoms with E-state index in [-0.39, 0.29) is 18.1 Å². The minimum atomic E-state index is -0.145. The molecule has 0 radical (unpaired) electrons. The SMILES string of the molecule is CCO[C@H]1COC[C@@H]1NC(=O)c1cnc2ccccc2c1. The van der Waals surface area contributed by atoms with Crippen LogP contribution in [0.1, 0.15) is 17.3 Å². The van der Waals surface area contributed by atoms with Gasteiger partial charge in [0.2, 0.25) is 0 Å². The lowest BCUT2D eigenvalue weighted by atomic mass is 10.1. The Morgan fingerprint density at radius 2 is 2.29 bits per heavy atom. The molecule has 1 aromatic heterocycles. The number of carbonyl (C=O) groups excluding carboxylic acids is 1. The Morgan fingerprint density at radius 1 is 1.43 bits per heavy atom. The third kappa shape index (κ3) is 3.04. The van der Waals surface area contributed by atoms with E-state index >= 15 is 0 Å². The van der Waals surface area contributed by atoms with E-state index in [1.165, 1.54) is 0 Å².